The van der Waals surface area contributed by atoms with Gasteiger partial charge in [0.2, 0.25) is 0 Å². The van der Waals surface area contributed by atoms with Gasteiger partial charge in [-0.1, -0.05) is 0 Å². The summed E-state index contributed by atoms with van der Waals surface area (Å²) >= 11 is 0. The van der Waals surface area contributed by atoms with Gasteiger partial charge in [-0.2, -0.15) is 0 Å². The van der Waals surface area contributed by atoms with Crippen LogP contribution in [0.2, 0.25) is 0 Å². The first-order valence-corrected chi connectivity index (χ1v) is 2.66. The fourth-order valence-corrected chi connectivity index (χ4v) is 0.401. The summed E-state index contributed by atoms with van der Waals surface area (Å²) in [6, 6.07) is 0. The number of carbonyl (C=O) groups is 2. The summed E-state index contributed by atoms with van der Waals surface area (Å²) in [6.07, 6.45) is -0.141. The van der Waals surface area contributed by atoms with Gasteiger partial charge in [0.05, 0.1) is 0 Å². The number of aliphatic carboxylic acids is 1. The van der Waals surface area contributed by atoms with Crippen molar-refractivity contribution in [1.29, 1.82) is 0 Å². The lowest BCUT2D eigenvalue weighted by atomic mass is 10.00. The number of aliphatic hydroxyl groups is 1. The fourth-order valence-electron chi connectivity index (χ4n) is 0.401. The zero-order chi connectivity index (χ0) is 8.20. The number of nitrogens with two attached hydrogens (primary N) is 1. The van der Waals surface area contributed by atoms with Gasteiger partial charge in [-0.3, -0.25) is 0 Å². The quantitative estimate of drug-likeness (QED) is 0.326. The average molecular weight is 147 g/mol. The summed E-state index contributed by atoms with van der Waals surface area (Å²) < 4.78 is 0. The van der Waals surface area contributed by atoms with E-state index in [4.69, 9.17) is 15.9 Å². The van der Waals surface area contributed by atoms with Gasteiger partial charge >= 0.3 is 5.97 Å². The second-order valence-corrected chi connectivity index (χ2v) is 1.94. The van der Waals surface area contributed by atoms with Crippen LogP contribution in [-0.2, 0) is 9.59 Å². The molecule has 0 unspecified atom stereocenters. The average Bonchev–Trinajstić information content (AvgIpc) is 1.88. The number of carboxylic acid groups (broad SMARTS) is 1. The maximum absolute atomic E-state index is 10.2. The smallest absolute Gasteiger partial charge is 0.331 e. The van der Waals surface area contributed by atoms with E-state index in [1.54, 1.807) is 0 Å². The number of carboxylic acids is 1. The van der Waals surface area contributed by atoms with Gasteiger partial charge in [-0.05, 0) is 0 Å². The van der Waals surface area contributed by atoms with Gasteiger partial charge in [-0.15, -0.1) is 0 Å². The topological polar surface area (TPSA) is 101 Å². The molecule has 0 aliphatic heterocycles. The lowest BCUT2D eigenvalue weighted by molar-refractivity contribution is -0.145. The van der Waals surface area contributed by atoms with Crippen LogP contribution >= 0.6 is 0 Å². The largest absolute Gasteiger partial charge is 0.480 e. The van der Waals surface area contributed by atoms with E-state index in [9.17, 15) is 9.59 Å². The van der Waals surface area contributed by atoms with Crippen LogP contribution in [0.4, 0.5) is 0 Å². The maximum Gasteiger partial charge on any atom is 0.331 e. The van der Waals surface area contributed by atoms with E-state index >= 15 is 0 Å². The highest BCUT2D eigenvalue weighted by molar-refractivity contribution is 5.96. The second kappa shape index (κ2) is 3.28. The Kier molecular flexibility index (Phi) is 2.98. The monoisotopic (exact) mass is 147 g/mol. The van der Waals surface area contributed by atoms with E-state index in [-0.39, 0.29) is 12.7 Å². The van der Waals surface area contributed by atoms with E-state index in [2.05, 4.69) is 0 Å². The molecule has 4 N–H and O–H groups in total. The maximum atomic E-state index is 10.2. The molecular formula is C5H9NO4. The Morgan fingerprint density at radius 2 is 2.20 bits per heavy atom. The first kappa shape index (κ1) is 9.06. The molecule has 0 aromatic rings. The number of hydrogen-bond donors (Lipinski definition) is 3. The normalized spacial score (nSPS) is 15.8. The molecule has 0 spiro atoms. The molecule has 0 bridgehead atoms. The van der Waals surface area contributed by atoms with Gasteiger partial charge in [0.1, 0.15) is 0 Å². The van der Waals surface area contributed by atoms with Crippen LogP contribution in [0, 0.1) is 0 Å². The van der Waals surface area contributed by atoms with Gasteiger partial charge in [0.25, 0.3) is 0 Å². The summed E-state index contributed by atoms with van der Waals surface area (Å²) in [5.74, 6) is -1.42. The number of carbonyl (C=O) groups excluding carboxylic acids is 1. The van der Waals surface area contributed by atoms with Crippen molar-refractivity contribution in [2.45, 2.75) is 12.0 Å². The molecule has 5 nitrogen and oxygen atoms in total. The van der Waals surface area contributed by atoms with Crippen LogP contribution in [0.1, 0.15) is 6.42 Å². The third kappa shape index (κ3) is 1.78. The van der Waals surface area contributed by atoms with Crippen LogP contribution in [-0.4, -0.2) is 34.6 Å². The van der Waals surface area contributed by atoms with E-state index in [0.29, 0.717) is 0 Å². The highest BCUT2D eigenvalue weighted by atomic mass is 16.4. The first-order chi connectivity index (χ1) is 4.56. The summed E-state index contributed by atoms with van der Waals surface area (Å²) in [5.41, 5.74) is 3.10. The Morgan fingerprint density at radius 3 is 2.30 bits per heavy atom. The number of aliphatic hydroxyl groups excluding tert-OH is 1. The van der Waals surface area contributed by atoms with Crippen molar-refractivity contribution in [1.82, 2.24) is 0 Å². The van der Waals surface area contributed by atoms with Crippen LogP contribution < -0.4 is 5.73 Å². The van der Waals surface area contributed by atoms with Crippen molar-refractivity contribution in [2.24, 2.45) is 5.73 Å². The molecule has 0 rings (SSSR count). The Balaban J connectivity index is 4.22. The van der Waals surface area contributed by atoms with E-state index < -0.39 is 18.1 Å². The highest BCUT2D eigenvalue weighted by Gasteiger charge is 2.32. The van der Waals surface area contributed by atoms with Crippen LogP contribution in [0.15, 0.2) is 0 Å². The molecule has 5 heteroatoms. The molecule has 58 valence electrons. The van der Waals surface area contributed by atoms with Crippen LogP contribution in [0.3, 0.4) is 0 Å². The zero-order valence-corrected chi connectivity index (χ0v) is 5.28. The molecule has 0 aromatic carbocycles. The van der Waals surface area contributed by atoms with Crippen molar-refractivity contribution < 1.29 is 19.8 Å². The highest BCUT2D eigenvalue weighted by Crippen LogP contribution is 2.01. The molecular weight excluding hydrogens is 138 g/mol. The molecule has 10 heavy (non-hydrogen) atoms. The SMILES string of the molecule is N[C@@](C=O)(CCO)C(=O)O. The van der Waals surface area contributed by atoms with Gasteiger partial charge in [0.15, 0.2) is 11.8 Å². The zero-order valence-electron chi connectivity index (χ0n) is 5.28. The second-order valence-electron chi connectivity index (χ2n) is 1.94. The first-order valence-electron chi connectivity index (χ1n) is 2.66. The van der Waals surface area contributed by atoms with E-state index in [1.807, 2.05) is 0 Å². The minimum Gasteiger partial charge on any atom is -0.480 e. The minimum atomic E-state index is -1.92. The van der Waals surface area contributed by atoms with Gasteiger partial charge in [-0.25, -0.2) is 4.79 Å². The molecule has 0 aromatic heterocycles. The van der Waals surface area contributed by atoms with Gasteiger partial charge in [0, 0.05) is 13.0 Å². The van der Waals surface area contributed by atoms with Crippen molar-refractivity contribution in [3.8, 4) is 0 Å². The summed E-state index contributed by atoms with van der Waals surface area (Å²) in [6.45, 7) is -0.415. The molecule has 0 fully saturated rings. The summed E-state index contributed by atoms with van der Waals surface area (Å²) in [7, 11) is 0. The molecule has 0 saturated carbocycles. The standard InChI is InChI=1S/C5H9NO4/c6-5(3-8,1-2-7)4(9)10/h3,7H,1-2,6H2,(H,9,10)/t5-/m1/s1. The third-order valence-electron chi connectivity index (χ3n) is 1.13. The lowest BCUT2D eigenvalue weighted by Crippen LogP contribution is -2.50. The van der Waals surface area contributed by atoms with Crippen molar-refractivity contribution in [3.05, 3.63) is 0 Å². The minimum absolute atomic E-state index is 0.117. The van der Waals surface area contributed by atoms with Crippen molar-refractivity contribution in [2.75, 3.05) is 6.61 Å². The van der Waals surface area contributed by atoms with Crippen molar-refractivity contribution >= 4 is 12.3 Å². The van der Waals surface area contributed by atoms with E-state index in [1.165, 1.54) is 0 Å². The number of aldehydes is 1. The molecule has 0 saturated heterocycles. The van der Waals surface area contributed by atoms with Crippen LogP contribution in [0.5, 0.6) is 0 Å². The molecule has 1 atom stereocenters. The Hall–Kier alpha value is -0.940. The lowest BCUT2D eigenvalue weighted by Gasteiger charge is -2.14. The molecule has 0 amide bonds. The predicted molar refractivity (Wildman–Crippen MR) is 32.3 cm³/mol. The molecule has 0 heterocycles. The van der Waals surface area contributed by atoms with E-state index in [0.717, 1.165) is 0 Å². The summed E-state index contributed by atoms with van der Waals surface area (Å²) in [5, 5.41) is 16.6. The predicted octanol–water partition coefficient (Wildman–Crippen LogP) is -1.65. The Labute approximate surface area is 57.5 Å². The Bertz CT molecular complexity index is 147. The number of rotatable bonds is 4. The summed E-state index contributed by atoms with van der Waals surface area (Å²) in [4.78, 5) is 20.2. The molecule has 0 radical (unpaired) electrons. The molecule has 0 aliphatic carbocycles. The third-order valence-corrected chi connectivity index (χ3v) is 1.13. The van der Waals surface area contributed by atoms with Gasteiger partial charge < -0.3 is 20.7 Å². The van der Waals surface area contributed by atoms with Crippen molar-refractivity contribution in [3.63, 3.8) is 0 Å². The number of hydrogen-bond acceptors (Lipinski definition) is 4. The fraction of sp³-hybridized carbons (Fsp3) is 0.600. The molecule has 0 aliphatic rings. The Morgan fingerprint density at radius 1 is 1.70 bits per heavy atom. The van der Waals surface area contributed by atoms with Crippen LogP contribution in [0.25, 0.3) is 0 Å².